The van der Waals surface area contributed by atoms with Crippen LogP contribution in [0.2, 0.25) is 0 Å². The summed E-state index contributed by atoms with van der Waals surface area (Å²) in [4.78, 5) is 0. The van der Waals surface area contributed by atoms with Gasteiger partial charge in [0.25, 0.3) is 0 Å². The summed E-state index contributed by atoms with van der Waals surface area (Å²) in [6, 6.07) is 3.64. The van der Waals surface area contributed by atoms with Crippen molar-refractivity contribution in [2.45, 2.75) is 96.8 Å². The summed E-state index contributed by atoms with van der Waals surface area (Å²) in [6.45, 7) is 12.8. The number of aromatic hydroxyl groups is 2. The highest BCUT2D eigenvalue weighted by Gasteiger charge is 2.39. The molecule has 0 bridgehead atoms. The van der Waals surface area contributed by atoms with Crippen LogP contribution in [0.25, 0.3) is 0 Å². The predicted octanol–water partition coefficient (Wildman–Crippen LogP) is 7.88. The topological polar surface area (TPSA) is 60.7 Å². The first-order valence-electron chi connectivity index (χ1n) is 12.3. The van der Waals surface area contributed by atoms with Gasteiger partial charge in [-0.25, -0.2) is 0 Å². The van der Waals surface area contributed by atoms with Gasteiger partial charge < -0.3 is 15.3 Å². The fourth-order valence-electron chi connectivity index (χ4n) is 5.85. The molecule has 3 heteroatoms. The molecule has 1 aromatic carbocycles. The Balaban J connectivity index is 1.96. The Hall–Kier alpha value is -1.90. The van der Waals surface area contributed by atoms with Gasteiger partial charge in [0, 0.05) is 17.4 Å². The minimum absolute atomic E-state index is 0.0959. The Morgan fingerprint density at radius 1 is 1.06 bits per heavy atom. The predicted molar refractivity (Wildman–Crippen MR) is 129 cm³/mol. The Kier molecular flexibility index (Phi) is 7.44. The van der Waals surface area contributed by atoms with Gasteiger partial charge >= 0.3 is 0 Å². The van der Waals surface area contributed by atoms with Crippen LogP contribution in [-0.2, 0) is 5.41 Å². The number of unbranched alkanes of at least 4 members (excludes halogenated alkanes) is 1. The highest BCUT2D eigenvalue weighted by atomic mass is 16.3. The third-order valence-electron chi connectivity index (χ3n) is 7.93. The second-order valence-electron chi connectivity index (χ2n) is 10.7. The molecule has 2 aliphatic rings. The summed E-state index contributed by atoms with van der Waals surface area (Å²) in [5.74, 6) is 1.20. The maximum atomic E-state index is 11.0. The number of aliphatic hydroxyl groups is 1. The second kappa shape index (κ2) is 9.71. The molecule has 0 heterocycles. The van der Waals surface area contributed by atoms with Gasteiger partial charge in [-0.15, -0.1) is 0 Å². The summed E-state index contributed by atoms with van der Waals surface area (Å²) in [5, 5.41) is 33.0. The van der Waals surface area contributed by atoms with Crippen LogP contribution in [0.15, 0.2) is 36.1 Å². The second-order valence-corrected chi connectivity index (χ2v) is 10.7. The van der Waals surface area contributed by atoms with Crippen LogP contribution in [-0.4, -0.2) is 15.3 Å². The third kappa shape index (κ3) is 5.13. The largest absolute Gasteiger partial charge is 0.512 e. The number of phenols is 2. The number of phenolic OH excluding ortho intramolecular Hbond substituents is 2. The van der Waals surface area contributed by atoms with Gasteiger partial charge in [0.2, 0.25) is 0 Å². The van der Waals surface area contributed by atoms with E-state index in [-0.39, 0.29) is 34.7 Å². The SMILES string of the molecule is C=C(C)C1CC(C2CCCCC2)C(O)=CC1c1c(O)cc(C(C)(C)CCCC)cc1O. The molecular formula is C28H42O3. The zero-order valence-corrected chi connectivity index (χ0v) is 20.0. The number of aliphatic hydroxyl groups excluding tert-OH is 1. The van der Waals surface area contributed by atoms with Crippen LogP contribution in [0.5, 0.6) is 11.5 Å². The van der Waals surface area contributed by atoms with Crippen molar-refractivity contribution >= 4 is 0 Å². The van der Waals surface area contributed by atoms with Crippen molar-refractivity contribution in [2.24, 2.45) is 17.8 Å². The number of rotatable bonds is 7. The maximum Gasteiger partial charge on any atom is 0.123 e. The zero-order valence-electron chi connectivity index (χ0n) is 20.0. The van der Waals surface area contributed by atoms with Crippen LogP contribution in [0.3, 0.4) is 0 Å². The van der Waals surface area contributed by atoms with Crippen LogP contribution in [0, 0.1) is 17.8 Å². The number of allylic oxidation sites excluding steroid dienone is 3. The number of benzene rings is 1. The smallest absolute Gasteiger partial charge is 0.123 e. The molecule has 3 N–H and O–H groups in total. The average molecular weight is 427 g/mol. The van der Waals surface area contributed by atoms with E-state index in [2.05, 4.69) is 27.4 Å². The van der Waals surface area contributed by atoms with Crippen molar-refractivity contribution in [1.82, 2.24) is 0 Å². The first kappa shape index (κ1) is 23.8. The lowest BCUT2D eigenvalue weighted by Gasteiger charge is -2.39. The summed E-state index contributed by atoms with van der Waals surface area (Å²) >= 11 is 0. The average Bonchev–Trinajstić information content (AvgIpc) is 2.72. The van der Waals surface area contributed by atoms with Gasteiger partial charge in [-0.2, -0.15) is 0 Å². The Labute approximate surface area is 188 Å². The normalized spacial score (nSPS) is 25.3. The lowest BCUT2D eigenvalue weighted by atomic mass is 9.66. The highest BCUT2D eigenvalue weighted by molar-refractivity contribution is 5.53. The van der Waals surface area contributed by atoms with E-state index in [1.165, 1.54) is 32.1 Å². The molecule has 0 spiro atoms. The monoisotopic (exact) mass is 426 g/mol. The molecule has 2 aliphatic carbocycles. The van der Waals surface area contributed by atoms with Crippen molar-refractivity contribution in [3.63, 3.8) is 0 Å². The van der Waals surface area contributed by atoms with E-state index < -0.39 is 0 Å². The molecule has 31 heavy (non-hydrogen) atoms. The summed E-state index contributed by atoms with van der Waals surface area (Å²) in [5.41, 5.74) is 2.40. The van der Waals surface area contributed by atoms with E-state index in [1.54, 1.807) is 0 Å². The van der Waals surface area contributed by atoms with Crippen molar-refractivity contribution in [3.05, 3.63) is 47.2 Å². The number of hydrogen-bond donors (Lipinski definition) is 3. The minimum atomic E-state index is -0.259. The molecule has 0 radical (unpaired) electrons. The van der Waals surface area contributed by atoms with Gasteiger partial charge in [-0.1, -0.05) is 65.0 Å². The summed E-state index contributed by atoms with van der Waals surface area (Å²) in [6.07, 6.45) is 12.1. The molecule has 0 saturated heterocycles. The molecule has 172 valence electrons. The van der Waals surface area contributed by atoms with Crippen molar-refractivity contribution in [2.75, 3.05) is 0 Å². The molecule has 1 aromatic rings. The van der Waals surface area contributed by atoms with E-state index in [0.717, 1.165) is 36.8 Å². The molecule has 3 nitrogen and oxygen atoms in total. The quantitative estimate of drug-likeness (QED) is 0.389. The lowest BCUT2D eigenvalue weighted by Crippen LogP contribution is -2.29. The summed E-state index contributed by atoms with van der Waals surface area (Å²) in [7, 11) is 0. The molecule has 3 unspecified atom stereocenters. The third-order valence-corrected chi connectivity index (χ3v) is 7.93. The molecule has 1 fully saturated rings. The molecule has 0 aliphatic heterocycles. The Morgan fingerprint density at radius 3 is 2.23 bits per heavy atom. The van der Waals surface area contributed by atoms with Gasteiger partial charge in [-0.05, 0) is 73.6 Å². The molecule has 0 aromatic heterocycles. The first-order chi connectivity index (χ1) is 14.7. The van der Waals surface area contributed by atoms with E-state index in [9.17, 15) is 15.3 Å². The molecule has 3 rings (SSSR count). The van der Waals surface area contributed by atoms with E-state index in [1.807, 2.05) is 25.1 Å². The Bertz CT molecular complexity index is 791. The fourth-order valence-corrected chi connectivity index (χ4v) is 5.85. The highest BCUT2D eigenvalue weighted by Crippen LogP contribution is 2.51. The van der Waals surface area contributed by atoms with E-state index in [4.69, 9.17) is 0 Å². The standard InChI is InChI=1S/C28H42O3/c1-6-7-13-28(4,5)20-14-25(30)27(26(31)15-20)23-17-24(29)22(16-21(23)18(2)3)19-11-9-8-10-12-19/h14-15,17,19,21-23,29-31H,2,6-13,16H2,1,3-5H3. The van der Waals surface area contributed by atoms with E-state index in [0.29, 0.717) is 17.2 Å². The molecule has 3 atom stereocenters. The van der Waals surface area contributed by atoms with Crippen LogP contribution < -0.4 is 0 Å². The molecule has 0 amide bonds. The lowest BCUT2D eigenvalue weighted by molar-refractivity contribution is 0.170. The fraction of sp³-hybridized carbons (Fsp3) is 0.643. The van der Waals surface area contributed by atoms with Crippen molar-refractivity contribution in [1.29, 1.82) is 0 Å². The van der Waals surface area contributed by atoms with Crippen molar-refractivity contribution < 1.29 is 15.3 Å². The number of hydrogen-bond acceptors (Lipinski definition) is 3. The molecule has 1 saturated carbocycles. The van der Waals surface area contributed by atoms with Gasteiger partial charge in [0.05, 0.1) is 5.76 Å². The van der Waals surface area contributed by atoms with Gasteiger partial charge in [0.1, 0.15) is 11.5 Å². The zero-order chi connectivity index (χ0) is 22.8. The summed E-state index contributed by atoms with van der Waals surface area (Å²) < 4.78 is 0. The Morgan fingerprint density at radius 2 is 1.68 bits per heavy atom. The molecular weight excluding hydrogens is 384 g/mol. The first-order valence-corrected chi connectivity index (χ1v) is 12.3. The maximum absolute atomic E-state index is 11.0. The van der Waals surface area contributed by atoms with Crippen LogP contribution >= 0.6 is 0 Å². The van der Waals surface area contributed by atoms with E-state index >= 15 is 0 Å². The minimum Gasteiger partial charge on any atom is -0.512 e. The van der Waals surface area contributed by atoms with Crippen molar-refractivity contribution in [3.8, 4) is 11.5 Å². The van der Waals surface area contributed by atoms with Gasteiger partial charge in [0.15, 0.2) is 0 Å². The van der Waals surface area contributed by atoms with Crippen LogP contribution in [0.1, 0.15) is 103 Å². The van der Waals surface area contributed by atoms with Gasteiger partial charge in [-0.3, -0.25) is 0 Å². The van der Waals surface area contributed by atoms with Crippen LogP contribution in [0.4, 0.5) is 0 Å².